The predicted molar refractivity (Wildman–Crippen MR) is 229 cm³/mol. The van der Waals surface area contributed by atoms with E-state index in [2.05, 4.69) is 181 Å². The van der Waals surface area contributed by atoms with Gasteiger partial charge in [-0.2, -0.15) is 0 Å². The Morgan fingerprint density at radius 3 is 1.62 bits per heavy atom. The van der Waals surface area contributed by atoms with Crippen LogP contribution < -0.4 is 4.90 Å². The van der Waals surface area contributed by atoms with E-state index in [0.29, 0.717) is 0 Å². The minimum absolute atomic E-state index is 0.875. The summed E-state index contributed by atoms with van der Waals surface area (Å²) in [5, 5.41) is 6.90. The van der Waals surface area contributed by atoms with Crippen LogP contribution in [0.25, 0.3) is 88.0 Å². The zero-order chi connectivity index (χ0) is 36.3. The summed E-state index contributed by atoms with van der Waals surface area (Å²) in [5.41, 5.74) is 13.5. The summed E-state index contributed by atoms with van der Waals surface area (Å²) in [4.78, 5) is 2.42. The van der Waals surface area contributed by atoms with E-state index < -0.39 is 0 Å². The SMILES string of the molecule is c1ccc(N(c2ccc(-c3cccc4c3oc3ccccc34)cc2)c2ccccc2-c2cccc3oc4ccccc4c23)c(-c2cccc3ccccc23)c1. The molecule has 2 heterocycles. The molecule has 0 atom stereocenters. The lowest BCUT2D eigenvalue weighted by molar-refractivity contribution is 0.669. The standard InChI is InChI=1S/C52H33NO2/c1-2-16-37-34(14-1)15-11-22-39(37)40-17-3-7-25-46(40)53(36-32-30-35(31-33-36)38-21-12-24-44-42-19-5-9-27-48(42)55-52(38)44)47-26-8-4-18-41(47)43-23-13-29-50-51(43)45-20-6-10-28-49(45)54-50/h1-33H. The zero-order valence-corrected chi connectivity index (χ0v) is 29.8. The van der Waals surface area contributed by atoms with Gasteiger partial charge in [0.2, 0.25) is 0 Å². The number of nitrogens with zero attached hydrogens (tertiary/aromatic N) is 1. The summed E-state index contributed by atoms with van der Waals surface area (Å²) in [6, 6.07) is 71.0. The number of benzene rings is 9. The van der Waals surface area contributed by atoms with Crippen molar-refractivity contribution in [1.82, 2.24) is 0 Å². The summed E-state index contributed by atoms with van der Waals surface area (Å²) in [5.74, 6) is 0. The van der Waals surface area contributed by atoms with Crippen molar-refractivity contribution < 1.29 is 8.83 Å². The Hall–Kier alpha value is -7.36. The van der Waals surface area contributed by atoms with Gasteiger partial charge in [0.25, 0.3) is 0 Å². The molecular formula is C52H33NO2. The first-order valence-electron chi connectivity index (χ1n) is 18.7. The lowest BCUT2D eigenvalue weighted by atomic mass is 9.94. The molecule has 0 aliphatic rings. The highest BCUT2D eigenvalue weighted by molar-refractivity contribution is 6.14. The predicted octanol–water partition coefficient (Wildman–Crippen LogP) is 15.1. The Labute approximate surface area is 317 Å². The molecular weight excluding hydrogens is 671 g/mol. The van der Waals surface area contributed by atoms with Crippen LogP contribution in [0.3, 0.4) is 0 Å². The first-order valence-corrected chi connectivity index (χ1v) is 18.7. The van der Waals surface area contributed by atoms with Crippen LogP contribution in [-0.2, 0) is 0 Å². The third kappa shape index (κ3) is 5.05. The van der Waals surface area contributed by atoms with Crippen LogP contribution >= 0.6 is 0 Å². The van der Waals surface area contributed by atoms with E-state index in [-0.39, 0.29) is 0 Å². The molecule has 0 amide bonds. The number of para-hydroxylation sites is 5. The third-order valence-corrected chi connectivity index (χ3v) is 10.9. The van der Waals surface area contributed by atoms with E-state index in [0.717, 1.165) is 88.8 Å². The van der Waals surface area contributed by atoms with Gasteiger partial charge in [0, 0.05) is 43.9 Å². The second kappa shape index (κ2) is 12.6. The van der Waals surface area contributed by atoms with Gasteiger partial charge in [-0.25, -0.2) is 0 Å². The largest absolute Gasteiger partial charge is 0.456 e. The maximum absolute atomic E-state index is 6.46. The van der Waals surface area contributed by atoms with E-state index in [1.807, 2.05) is 24.3 Å². The van der Waals surface area contributed by atoms with E-state index in [9.17, 15) is 0 Å². The van der Waals surface area contributed by atoms with E-state index in [1.165, 1.54) is 16.3 Å². The molecule has 0 N–H and O–H groups in total. The first-order chi connectivity index (χ1) is 27.3. The molecule has 9 aromatic carbocycles. The van der Waals surface area contributed by atoms with Gasteiger partial charge in [0.1, 0.15) is 22.3 Å². The van der Waals surface area contributed by atoms with Crippen LogP contribution in [0.15, 0.2) is 209 Å². The fourth-order valence-corrected chi connectivity index (χ4v) is 8.42. The van der Waals surface area contributed by atoms with Crippen LogP contribution in [0.4, 0.5) is 17.1 Å². The highest BCUT2D eigenvalue weighted by atomic mass is 16.3. The molecule has 3 nitrogen and oxygen atoms in total. The molecule has 258 valence electrons. The van der Waals surface area contributed by atoms with Crippen LogP contribution in [0, 0.1) is 0 Å². The maximum Gasteiger partial charge on any atom is 0.143 e. The van der Waals surface area contributed by atoms with Gasteiger partial charge < -0.3 is 13.7 Å². The van der Waals surface area contributed by atoms with Gasteiger partial charge in [0.05, 0.1) is 11.4 Å². The number of hydrogen-bond acceptors (Lipinski definition) is 3. The summed E-state index contributed by atoms with van der Waals surface area (Å²) in [6.45, 7) is 0. The fraction of sp³-hybridized carbons (Fsp3) is 0. The number of anilines is 3. The molecule has 11 aromatic rings. The van der Waals surface area contributed by atoms with Gasteiger partial charge in [0.15, 0.2) is 0 Å². The van der Waals surface area contributed by atoms with Crippen molar-refractivity contribution in [1.29, 1.82) is 0 Å². The van der Waals surface area contributed by atoms with Gasteiger partial charge in [-0.3, -0.25) is 0 Å². The summed E-state index contributed by atoms with van der Waals surface area (Å²) in [6.07, 6.45) is 0. The van der Waals surface area contributed by atoms with Gasteiger partial charge in [-0.05, 0) is 69.9 Å². The molecule has 0 fully saturated rings. The fourth-order valence-electron chi connectivity index (χ4n) is 8.42. The Balaban J connectivity index is 1.14. The number of hydrogen-bond donors (Lipinski definition) is 0. The van der Waals surface area contributed by atoms with Crippen molar-refractivity contribution in [3.8, 4) is 33.4 Å². The first kappa shape index (κ1) is 31.2. The van der Waals surface area contributed by atoms with Crippen molar-refractivity contribution in [2.45, 2.75) is 0 Å². The van der Waals surface area contributed by atoms with Crippen molar-refractivity contribution >= 4 is 71.7 Å². The second-order valence-corrected chi connectivity index (χ2v) is 14.0. The molecule has 0 saturated carbocycles. The number of furan rings is 2. The molecule has 55 heavy (non-hydrogen) atoms. The monoisotopic (exact) mass is 703 g/mol. The Kier molecular flexibility index (Phi) is 7.17. The highest BCUT2D eigenvalue weighted by Crippen LogP contribution is 2.48. The lowest BCUT2D eigenvalue weighted by Crippen LogP contribution is -2.12. The van der Waals surface area contributed by atoms with Gasteiger partial charge >= 0.3 is 0 Å². The van der Waals surface area contributed by atoms with Crippen molar-refractivity contribution in [2.24, 2.45) is 0 Å². The van der Waals surface area contributed by atoms with E-state index in [4.69, 9.17) is 8.83 Å². The molecule has 2 aromatic heterocycles. The topological polar surface area (TPSA) is 29.5 Å². The molecule has 3 heteroatoms. The molecule has 0 aliphatic carbocycles. The molecule has 0 unspecified atom stereocenters. The maximum atomic E-state index is 6.46. The molecule has 11 rings (SSSR count). The van der Waals surface area contributed by atoms with Crippen LogP contribution in [0.1, 0.15) is 0 Å². The normalized spacial score (nSPS) is 11.6. The average molecular weight is 704 g/mol. The summed E-state index contributed by atoms with van der Waals surface area (Å²) in [7, 11) is 0. The third-order valence-electron chi connectivity index (χ3n) is 10.9. The molecule has 0 radical (unpaired) electrons. The van der Waals surface area contributed by atoms with E-state index in [1.54, 1.807) is 0 Å². The van der Waals surface area contributed by atoms with Crippen molar-refractivity contribution in [2.75, 3.05) is 4.90 Å². The average Bonchev–Trinajstić information content (AvgIpc) is 3.83. The summed E-state index contributed by atoms with van der Waals surface area (Å²) >= 11 is 0. The molecule has 0 spiro atoms. The van der Waals surface area contributed by atoms with Crippen LogP contribution in [-0.4, -0.2) is 0 Å². The molecule has 0 bridgehead atoms. The van der Waals surface area contributed by atoms with Gasteiger partial charge in [-0.15, -0.1) is 0 Å². The molecule has 0 aliphatic heterocycles. The quantitative estimate of drug-likeness (QED) is 0.173. The Bertz CT molecular complexity index is 3220. The van der Waals surface area contributed by atoms with E-state index >= 15 is 0 Å². The lowest BCUT2D eigenvalue weighted by Gasteiger charge is -2.30. The molecule has 0 saturated heterocycles. The van der Waals surface area contributed by atoms with Crippen LogP contribution in [0.2, 0.25) is 0 Å². The number of fused-ring (bicyclic) bond motifs is 7. The Morgan fingerprint density at radius 1 is 0.309 bits per heavy atom. The van der Waals surface area contributed by atoms with Gasteiger partial charge in [-0.1, -0.05) is 158 Å². The Morgan fingerprint density at radius 2 is 0.818 bits per heavy atom. The van der Waals surface area contributed by atoms with Crippen molar-refractivity contribution in [3.63, 3.8) is 0 Å². The minimum atomic E-state index is 0.875. The second-order valence-electron chi connectivity index (χ2n) is 14.0. The van der Waals surface area contributed by atoms with Crippen molar-refractivity contribution in [3.05, 3.63) is 200 Å². The smallest absolute Gasteiger partial charge is 0.143 e. The highest BCUT2D eigenvalue weighted by Gasteiger charge is 2.23. The minimum Gasteiger partial charge on any atom is -0.456 e. The zero-order valence-electron chi connectivity index (χ0n) is 29.8. The number of rotatable bonds is 6. The summed E-state index contributed by atoms with van der Waals surface area (Å²) < 4.78 is 12.8. The van der Waals surface area contributed by atoms with Crippen LogP contribution in [0.5, 0.6) is 0 Å².